The van der Waals surface area contributed by atoms with E-state index in [1.54, 1.807) is 49.4 Å². The molecule has 7 heteroatoms. The molecule has 0 spiro atoms. The molecule has 2 aromatic rings. The van der Waals surface area contributed by atoms with Crippen LogP contribution in [-0.2, 0) is 9.53 Å². The van der Waals surface area contributed by atoms with Crippen molar-refractivity contribution >= 4 is 40.8 Å². The Hall–Kier alpha value is -2.24. The predicted octanol–water partition coefficient (Wildman–Crippen LogP) is 5.89. The fraction of sp³-hybridized carbons (Fsp3) is 0.364. The topological polar surface area (TPSA) is 64.6 Å². The molecule has 2 aromatic carbocycles. The summed E-state index contributed by atoms with van der Waals surface area (Å²) in [5.74, 6) is -0.295. The molecule has 1 unspecified atom stereocenters. The Morgan fingerprint density at radius 2 is 1.72 bits per heavy atom. The van der Waals surface area contributed by atoms with Crippen molar-refractivity contribution < 1.29 is 19.1 Å². The van der Waals surface area contributed by atoms with Gasteiger partial charge in [-0.15, -0.1) is 0 Å². The first-order valence-electron chi connectivity index (χ1n) is 9.66. The second-order valence-electron chi connectivity index (χ2n) is 7.07. The number of hydrogen-bond acceptors (Lipinski definition) is 4. The number of carbonyl (C=O) groups excluding carboxylic acids is 2. The fourth-order valence-electron chi connectivity index (χ4n) is 3.15. The summed E-state index contributed by atoms with van der Waals surface area (Å²) in [6.45, 7) is 1.62. The molecule has 1 amide bonds. The van der Waals surface area contributed by atoms with Crippen LogP contribution < -0.4 is 10.1 Å². The van der Waals surface area contributed by atoms with Crippen LogP contribution in [0.5, 0.6) is 5.75 Å². The molecule has 154 valence electrons. The summed E-state index contributed by atoms with van der Waals surface area (Å²) in [5.41, 5.74) is 1.02. The molecule has 0 saturated heterocycles. The van der Waals surface area contributed by atoms with Gasteiger partial charge in [0.25, 0.3) is 5.91 Å². The molecule has 0 aromatic heterocycles. The van der Waals surface area contributed by atoms with Crippen LogP contribution in [0.3, 0.4) is 0 Å². The van der Waals surface area contributed by atoms with Crippen LogP contribution in [0.4, 0.5) is 5.69 Å². The lowest BCUT2D eigenvalue weighted by atomic mass is 9.98. The Balaban J connectivity index is 1.54. The van der Waals surface area contributed by atoms with E-state index in [9.17, 15) is 9.59 Å². The van der Waals surface area contributed by atoms with E-state index in [0.29, 0.717) is 27.0 Å². The van der Waals surface area contributed by atoms with Gasteiger partial charge in [-0.3, -0.25) is 4.79 Å². The fourth-order valence-corrected chi connectivity index (χ4v) is 3.60. The molecule has 0 heterocycles. The maximum atomic E-state index is 12.4. The predicted molar refractivity (Wildman–Crippen MR) is 114 cm³/mol. The van der Waals surface area contributed by atoms with E-state index >= 15 is 0 Å². The maximum Gasteiger partial charge on any atom is 0.338 e. The minimum absolute atomic E-state index is 0.00770. The van der Waals surface area contributed by atoms with Crippen molar-refractivity contribution in [3.63, 3.8) is 0 Å². The highest BCUT2D eigenvalue weighted by Crippen LogP contribution is 2.28. The van der Waals surface area contributed by atoms with Crippen molar-refractivity contribution in [2.75, 3.05) is 5.32 Å². The first kappa shape index (κ1) is 21.5. The van der Waals surface area contributed by atoms with Gasteiger partial charge in [0, 0.05) is 10.7 Å². The lowest BCUT2D eigenvalue weighted by Gasteiger charge is -2.21. The van der Waals surface area contributed by atoms with Crippen molar-refractivity contribution in [2.24, 2.45) is 0 Å². The van der Waals surface area contributed by atoms with Gasteiger partial charge in [-0.05, 0) is 75.1 Å². The molecular formula is C22H23Cl2NO4. The number of anilines is 1. The molecule has 29 heavy (non-hydrogen) atoms. The first-order chi connectivity index (χ1) is 13.9. The third-order valence-electron chi connectivity index (χ3n) is 4.78. The highest BCUT2D eigenvalue weighted by Gasteiger charge is 2.19. The normalized spacial score (nSPS) is 15.4. The second-order valence-corrected chi connectivity index (χ2v) is 7.91. The second kappa shape index (κ2) is 9.99. The van der Waals surface area contributed by atoms with Gasteiger partial charge in [-0.25, -0.2) is 4.79 Å². The number of benzene rings is 2. The summed E-state index contributed by atoms with van der Waals surface area (Å²) in [7, 11) is 0. The van der Waals surface area contributed by atoms with Crippen molar-refractivity contribution in [3.8, 4) is 5.75 Å². The summed E-state index contributed by atoms with van der Waals surface area (Å²) in [4.78, 5) is 24.6. The van der Waals surface area contributed by atoms with Gasteiger partial charge < -0.3 is 14.8 Å². The van der Waals surface area contributed by atoms with Gasteiger partial charge in [0.15, 0.2) is 6.10 Å². The SMILES string of the molecule is CC(Oc1ccc(Cl)cc1Cl)C(=O)Nc1ccc(C(=O)OC2CCCCC2)cc1. The van der Waals surface area contributed by atoms with E-state index in [-0.39, 0.29) is 18.0 Å². The highest BCUT2D eigenvalue weighted by molar-refractivity contribution is 6.35. The molecule has 0 aliphatic heterocycles. The van der Waals surface area contributed by atoms with Crippen LogP contribution in [0.15, 0.2) is 42.5 Å². The summed E-state index contributed by atoms with van der Waals surface area (Å²) in [5, 5.41) is 3.57. The van der Waals surface area contributed by atoms with Crippen LogP contribution in [-0.4, -0.2) is 24.1 Å². The van der Waals surface area contributed by atoms with Crippen LogP contribution in [0.2, 0.25) is 10.0 Å². The Bertz CT molecular complexity index is 864. The van der Waals surface area contributed by atoms with Gasteiger partial charge in [0.1, 0.15) is 11.9 Å². The Labute approximate surface area is 180 Å². The molecule has 1 atom stereocenters. The lowest BCUT2D eigenvalue weighted by Crippen LogP contribution is -2.30. The average molecular weight is 436 g/mol. The number of esters is 1. The van der Waals surface area contributed by atoms with Crippen molar-refractivity contribution in [1.29, 1.82) is 0 Å². The molecule has 5 nitrogen and oxygen atoms in total. The summed E-state index contributed by atoms with van der Waals surface area (Å²) >= 11 is 11.9. The third-order valence-corrected chi connectivity index (χ3v) is 5.31. The number of ether oxygens (including phenoxy) is 2. The summed E-state index contributed by atoms with van der Waals surface area (Å²) in [6.07, 6.45) is 4.49. The number of halogens is 2. The molecule has 0 radical (unpaired) electrons. The molecule has 1 fully saturated rings. The molecular weight excluding hydrogens is 413 g/mol. The standard InChI is InChI=1S/C22H23Cl2NO4/c1-14(28-20-12-9-16(23)13-19(20)24)21(26)25-17-10-7-15(8-11-17)22(27)29-18-5-3-2-4-6-18/h7-14,18H,2-6H2,1H3,(H,25,26). The number of amides is 1. The van der Waals surface area contributed by atoms with Crippen molar-refractivity contribution in [3.05, 3.63) is 58.1 Å². The summed E-state index contributed by atoms with van der Waals surface area (Å²) < 4.78 is 11.2. The van der Waals surface area contributed by atoms with E-state index in [4.69, 9.17) is 32.7 Å². The number of rotatable bonds is 6. The zero-order chi connectivity index (χ0) is 20.8. The molecule has 1 N–H and O–H groups in total. The Kier molecular flexibility index (Phi) is 7.40. The number of nitrogens with one attached hydrogen (secondary N) is 1. The van der Waals surface area contributed by atoms with E-state index in [0.717, 1.165) is 25.7 Å². The van der Waals surface area contributed by atoms with Gasteiger partial charge in [-0.2, -0.15) is 0 Å². The van der Waals surface area contributed by atoms with Crippen LogP contribution >= 0.6 is 23.2 Å². The minimum Gasteiger partial charge on any atom is -0.479 e. The minimum atomic E-state index is -0.774. The van der Waals surface area contributed by atoms with Crippen molar-refractivity contribution in [1.82, 2.24) is 0 Å². The zero-order valence-electron chi connectivity index (χ0n) is 16.1. The van der Waals surface area contributed by atoms with Gasteiger partial charge >= 0.3 is 5.97 Å². The number of hydrogen-bond donors (Lipinski definition) is 1. The molecule has 1 saturated carbocycles. The monoisotopic (exact) mass is 435 g/mol. The van der Waals surface area contributed by atoms with Crippen molar-refractivity contribution in [2.45, 2.75) is 51.2 Å². The molecule has 3 rings (SSSR count). The highest BCUT2D eigenvalue weighted by atomic mass is 35.5. The van der Waals surface area contributed by atoms with Gasteiger partial charge in [0.2, 0.25) is 0 Å². The molecule has 0 bridgehead atoms. The number of carbonyl (C=O) groups is 2. The molecule has 1 aliphatic carbocycles. The Morgan fingerprint density at radius 1 is 1.03 bits per heavy atom. The quantitative estimate of drug-likeness (QED) is 0.574. The first-order valence-corrected chi connectivity index (χ1v) is 10.4. The summed E-state index contributed by atoms with van der Waals surface area (Å²) in [6, 6.07) is 11.4. The molecule has 1 aliphatic rings. The van der Waals surface area contributed by atoms with Crippen LogP contribution in [0.1, 0.15) is 49.4 Å². The van der Waals surface area contributed by atoms with Gasteiger partial charge in [0.05, 0.1) is 10.6 Å². The van der Waals surface area contributed by atoms with E-state index in [1.807, 2.05) is 0 Å². The van der Waals surface area contributed by atoms with Gasteiger partial charge in [-0.1, -0.05) is 29.6 Å². The van der Waals surface area contributed by atoms with E-state index in [1.165, 1.54) is 6.42 Å². The van der Waals surface area contributed by atoms with E-state index in [2.05, 4.69) is 5.32 Å². The zero-order valence-corrected chi connectivity index (χ0v) is 17.6. The largest absolute Gasteiger partial charge is 0.479 e. The maximum absolute atomic E-state index is 12.4. The van der Waals surface area contributed by atoms with Crippen LogP contribution in [0, 0.1) is 0 Å². The van der Waals surface area contributed by atoms with Crippen LogP contribution in [0.25, 0.3) is 0 Å². The smallest absolute Gasteiger partial charge is 0.338 e. The third kappa shape index (κ3) is 6.12. The Morgan fingerprint density at radius 3 is 2.38 bits per heavy atom. The lowest BCUT2D eigenvalue weighted by molar-refractivity contribution is -0.122. The van der Waals surface area contributed by atoms with E-state index < -0.39 is 6.10 Å². The average Bonchev–Trinajstić information content (AvgIpc) is 2.71.